The third kappa shape index (κ3) is 6.01. The Morgan fingerprint density at radius 1 is 0.854 bits per heavy atom. The molecule has 11 heteroatoms. The van der Waals surface area contributed by atoms with E-state index in [1.165, 1.54) is 11.3 Å². The minimum Gasteiger partial charge on any atom is -0.454 e. The van der Waals surface area contributed by atoms with Crippen LogP contribution in [0.1, 0.15) is 56.1 Å². The van der Waals surface area contributed by atoms with E-state index in [2.05, 4.69) is 15.5 Å². The van der Waals surface area contributed by atoms with Crippen LogP contribution < -0.4 is 30.7 Å². The predicted molar refractivity (Wildman–Crippen MR) is 157 cm³/mol. The molecule has 10 nitrogen and oxygen atoms in total. The summed E-state index contributed by atoms with van der Waals surface area (Å²) in [6, 6.07) is 14.4. The summed E-state index contributed by atoms with van der Waals surface area (Å²) in [6.45, 7) is 2.42. The van der Waals surface area contributed by atoms with Gasteiger partial charge in [-0.2, -0.15) is 0 Å². The molecule has 3 heterocycles. The van der Waals surface area contributed by atoms with Gasteiger partial charge in [-0.05, 0) is 73.5 Å². The third-order valence-electron chi connectivity index (χ3n) is 7.89. The van der Waals surface area contributed by atoms with Gasteiger partial charge in [0, 0.05) is 49.4 Å². The van der Waals surface area contributed by atoms with Crippen molar-refractivity contribution in [1.82, 2.24) is 10.2 Å². The van der Waals surface area contributed by atoms with Gasteiger partial charge in [-0.25, -0.2) is 0 Å². The molecule has 2 fully saturated rings. The molecule has 2 aliphatic heterocycles. The lowest BCUT2D eigenvalue weighted by Crippen LogP contribution is -2.48. The van der Waals surface area contributed by atoms with Crippen LogP contribution in [0.3, 0.4) is 0 Å². The van der Waals surface area contributed by atoms with E-state index in [-0.39, 0.29) is 36.6 Å². The smallest absolute Gasteiger partial charge is 0.264 e. The maximum atomic E-state index is 13.4. The average molecular weight is 576 g/mol. The van der Waals surface area contributed by atoms with Crippen LogP contribution in [0, 0.1) is 0 Å². The number of amides is 3. The van der Waals surface area contributed by atoms with E-state index in [0.29, 0.717) is 54.5 Å². The fourth-order valence-corrected chi connectivity index (χ4v) is 6.22. The van der Waals surface area contributed by atoms with Crippen LogP contribution >= 0.6 is 11.3 Å². The van der Waals surface area contributed by atoms with Crippen LogP contribution in [-0.2, 0) is 0 Å². The largest absolute Gasteiger partial charge is 0.454 e. The summed E-state index contributed by atoms with van der Waals surface area (Å²) in [5, 5.41) is 8.06. The molecule has 1 saturated heterocycles. The van der Waals surface area contributed by atoms with E-state index in [4.69, 9.17) is 15.2 Å². The highest BCUT2D eigenvalue weighted by Gasteiger charge is 2.26. The zero-order valence-electron chi connectivity index (χ0n) is 22.6. The second-order valence-electron chi connectivity index (χ2n) is 10.6. The highest BCUT2D eigenvalue weighted by molar-refractivity contribution is 7.12. The van der Waals surface area contributed by atoms with Crippen LogP contribution in [-0.4, -0.2) is 67.7 Å². The molecular weight excluding hydrogens is 542 g/mol. The number of nitrogens with zero attached hydrogens (tertiary/aromatic N) is 2. The second kappa shape index (κ2) is 11.8. The summed E-state index contributed by atoms with van der Waals surface area (Å²) in [6.07, 6.45) is 3.49. The Hall–Kier alpha value is -4.09. The lowest BCUT2D eigenvalue weighted by molar-refractivity contribution is 0.0751. The average Bonchev–Trinajstić information content (AvgIpc) is 3.70. The first-order valence-corrected chi connectivity index (χ1v) is 14.8. The molecule has 2 aromatic carbocycles. The first-order valence-electron chi connectivity index (χ1n) is 13.9. The number of hydrogen-bond acceptors (Lipinski definition) is 8. The number of thiophene rings is 1. The minimum atomic E-state index is -0.324. The molecule has 4 N–H and O–H groups in total. The number of anilines is 2. The van der Waals surface area contributed by atoms with Gasteiger partial charge in [0.05, 0.1) is 16.3 Å². The number of ether oxygens (including phenoxy) is 2. The van der Waals surface area contributed by atoms with E-state index in [9.17, 15) is 14.4 Å². The van der Waals surface area contributed by atoms with Gasteiger partial charge in [-0.3, -0.25) is 14.4 Å². The Labute approximate surface area is 242 Å². The van der Waals surface area contributed by atoms with E-state index < -0.39 is 0 Å². The Balaban J connectivity index is 1.21. The SMILES string of the molecule is NC1CCC(NC(=O)c2ccc(N3CCN(C(=O)c4cccs4)CC3)c(NC(=O)c3ccc4c(c3)OCO4)c2)CC1. The van der Waals surface area contributed by atoms with Crippen molar-refractivity contribution in [2.24, 2.45) is 5.73 Å². The number of carbonyl (C=O) groups excluding carboxylic acids is 3. The van der Waals surface area contributed by atoms with E-state index in [0.717, 1.165) is 36.2 Å². The van der Waals surface area contributed by atoms with Crippen molar-refractivity contribution in [3.05, 3.63) is 69.9 Å². The first kappa shape index (κ1) is 27.1. The number of nitrogens with one attached hydrogen (secondary N) is 2. The van der Waals surface area contributed by atoms with Crippen molar-refractivity contribution in [2.75, 3.05) is 43.2 Å². The molecule has 0 radical (unpaired) electrons. The normalized spacial score (nSPS) is 20.0. The molecule has 1 aromatic heterocycles. The van der Waals surface area contributed by atoms with Crippen molar-refractivity contribution in [1.29, 1.82) is 0 Å². The van der Waals surface area contributed by atoms with Crippen LogP contribution in [0.25, 0.3) is 0 Å². The van der Waals surface area contributed by atoms with Gasteiger partial charge < -0.3 is 35.6 Å². The van der Waals surface area contributed by atoms with Crippen molar-refractivity contribution in [2.45, 2.75) is 37.8 Å². The lowest BCUT2D eigenvalue weighted by Gasteiger charge is -2.37. The maximum Gasteiger partial charge on any atom is 0.264 e. The molecule has 3 aliphatic rings. The summed E-state index contributed by atoms with van der Waals surface area (Å²) in [5.74, 6) is 0.646. The maximum absolute atomic E-state index is 13.4. The molecule has 3 aromatic rings. The van der Waals surface area contributed by atoms with E-state index in [1.807, 2.05) is 28.5 Å². The minimum absolute atomic E-state index is 0.0340. The van der Waals surface area contributed by atoms with Crippen LogP contribution in [0.4, 0.5) is 11.4 Å². The number of benzene rings is 2. The molecule has 214 valence electrons. The Kier molecular flexibility index (Phi) is 7.80. The summed E-state index contributed by atoms with van der Waals surface area (Å²) in [7, 11) is 0. The van der Waals surface area contributed by atoms with Gasteiger partial charge in [0.2, 0.25) is 6.79 Å². The molecule has 1 saturated carbocycles. The van der Waals surface area contributed by atoms with E-state index >= 15 is 0 Å². The molecule has 41 heavy (non-hydrogen) atoms. The summed E-state index contributed by atoms with van der Waals surface area (Å²) >= 11 is 1.44. The molecular formula is C30H33N5O5S. The van der Waals surface area contributed by atoms with Crippen molar-refractivity contribution in [3.63, 3.8) is 0 Å². The number of nitrogens with two attached hydrogens (primary N) is 1. The molecule has 0 spiro atoms. The monoisotopic (exact) mass is 575 g/mol. The van der Waals surface area contributed by atoms with Gasteiger partial charge in [0.15, 0.2) is 11.5 Å². The van der Waals surface area contributed by atoms with Crippen molar-refractivity contribution in [3.8, 4) is 11.5 Å². The van der Waals surface area contributed by atoms with Gasteiger partial charge in [-0.15, -0.1) is 11.3 Å². The topological polar surface area (TPSA) is 126 Å². The summed E-state index contributed by atoms with van der Waals surface area (Å²) in [5.41, 5.74) is 8.24. The lowest BCUT2D eigenvalue weighted by atomic mass is 9.91. The fraction of sp³-hybridized carbons (Fsp3) is 0.367. The predicted octanol–water partition coefficient (Wildman–Crippen LogP) is 3.69. The first-order chi connectivity index (χ1) is 19.9. The van der Waals surface area contributed by atoms with Gasteiger partial charge in [0.1, 0.15) is 0 Å². The number of piperazine rings is 1. The zero-order valence-corrected chi connectivity index (χ0v) is 23.5. The highest BCUT2D eigenvalue weighted by Crippen LogP contribution is 2.34. The van der Waals surface area contributed by atoms with E-state index in [1.54, 1.807) is 30.3 Å². The Bertz CT molecular complexity index is 1430. The summed E-state index contributed by atoms with van der Waals surface area (Å²) < 4.78 is 10.8. The Morgan fingerprint density at radius 3 is 2.34 bits per heavy atom. The number of hydrogen-bond donors (Lipinski definition) is 3. The molecule has 1 aliphatic carbocycles. The van der Waals surface area contributed by atoms with Gasteiger partial charge in [0.25, 0.3) is 17.7 Å². The van der Waals surface area contributed by atoms with Gasteiger partial charge >= 0.3 is 0 Å². The highest BCUT2D eigenvalue weighted by atomic mass is 32.1. The van der Waals surface area contributed by atoms with Crippen molar-refractivity contribution >= 4 is 40.4 Å². The van der Waals surface area contributed by atoms with Crippen LogP contribution in [0.2, 0.25) is 0 Å². The zero-order chi connectivity index (χ0) is 28.3. The molecule has 0 bridgehead atoms. The standard InChI is InChI=1S/C30H33N5O5S/c31-21-5-7-22(8-6-21)32-28(36)19-3-9-24(34-11-13-35(14-12-34)30(38)27-2-1-15-41-27)23(16-19)33-29(37)20-4-10-25-26(17-20)40-18-39-25/h1-4,9-10,15-17,21-22H,5-8,11-14,18,31H2,(H,32,36)(H,33,37). The Morgan fingerprint density at radius 2 is 1.59 bits per heavy atom. The third-order valence-corrected chi connectivity index (χ3v) is 8.75. The molecule has 0 atom stereocenters. The van der Waals surface area contributed by atoms with Crippen molar-refractivity contribution < 1.29 is 23.9 Å². The molecule has 6 rings (SSSR count). The number of carbonyl (C=O) groups is 3. The van der Waals surface area contributed by atoms with Crippen LogP contribution in [0.15, 0.2) is 53.9 Å². The molecule has 0 unspecified atom stereocenters. The van der Waals surface area contributed by atoms with Gasteiger partial charge in [-0.1, -0.05) is 6.07 Å². The second-order valence-corrected chi connectivity index (χ2v) is 11.5. The molecule has 3 amide bonds. The quantitative estimate of drug-likeness (QED) is 0.409. The number of rotatable bonds is 6. The number of fused-ring (bicyclic) bond motifs is 1. The summed E-state index contributed by atoms with van der Waals surface area (Å²) in [4.78, 5) is 44.1. The van der Waals surface area contributed by atoms with Crippen LogP contribution in [0.5, 0.6) is 11.5 Å². The fourth-order valence-electron chi connectivity index (χ4n) is 5.52.